The Hall–Kier alpha value is -2.29. The van der Waals surface area contributed by atoms with Gasteiger partial charge in [-0.05, 0) is 17.5 Å². The van der Waals surface area contributed by atoms with E-state index in [1.165, 1.54) is 0 Å². The molecule has 3 rings (SSSR count). The van der Waals surface area contributed by atoms with Crippen molar-refractivity contribution in [2.75, 3.05) is 0 Å². The summed E-state index contributed by atoms with van der Waals surface area (Å²) < 4.78 is 10.4. The lowest BCUT2D eigenvalue weighted by molar-refractivity contribution is 0.409. The van der Waals surface area contributed by atoms with Gasteiger partial charge in [-0.25, -0.2) is 4.79 Å². The first-order valence-corrected chi connectivity index (χ1v) is 6.40. The number of aryl methyl sites for hydroxylation is 1. The second-order valence-corrected chi connectivity index (χ2v) is 4.50. The Labute approximate surface area is 110 Å². The van der Waals surface area contributed by atoms with Gasteiger partial charge in [-0.3, -0.25) is 0 Å². The summed E-state index contributed by atoms with van der Waals surface area (Å²) in [6.45, 7) is 2.09. The summed E-state index contributed by atoms with van der Waals surface area (Å²) in [5.41, 5.74) is 4.04. The quantitative estimate of drug-likeness (QED) is 0.709. The summed E-state index contributed by atoms with van der Waals surface area (Å²) in [5, 5.41) is 0. The third-order valence-electron chi connectivity index (χ3n) is 3.17. The van der Waals surface area contributed by atoms with E-state index in [1.807, 2.05) is 42.5 Å². The Balaban J connectivity index is 2.28. The van der Waals surface area contributed by atoms with E-state index in [2.05, 4.69) is 6.92 Å². The normalized spacial score (nSPS) is 11.0. The molecule has 0 atom stereocenters. The molecule has 0 unspecified atom stereocenters. The highest BCUT2D eigenvalue weighted by atomic mass is 16.6. The highest BCUT2D eigenvalue weighted by Gasteiger charge is 2.14. The zero-order valence-corrected chi connectivity index (χ0v) is 10.7. The molecule has 0 bridgehead atoms. The molecule has 0 aliphatic rings. The molecule has 3 nitrogen and oxygen atoms in total. The van der Waals surface area contributed by atoms with E-state index in [1.54, 1.807) is 0 Å². The van der Waals surface area contributed by atoms with Crippen LogP contribution in [0.25, 0.3) is 22.3 Å². The van der Waals surface area contributed by atoms with Crippen LogP contribution in [-0.2, 0) is 6.42 Å². The smallest absolute Gasteiger partial charge is 0.390 e. The molecule has 0 aliphatic heterocycles. The number of hydrogen-bond donors (Lipinski definition) is 0. The Kier molecular flexibility index (Phi) is 2.95. The molecule has 0 fully saturated rings. The molecule has 0 saturated carbocycles. The first-order chi connectivity index (χ1) is 9.29. The molecule has 1 aromatic heterocycles. The van der Waals surface area contributed by atoms with Crippen LogP contribution < -0.4 is 5.82 Å². The molecule has 0 spiro atoms. The number of fused-ring (bicyclic) bond motifs is 1. The average molecular weight is 254 g/mol. The van der Waals surface area contributed by atoms with Crippen molar-refractivity contribution in [3.63, 3.8) is 0 Å². The van der Waals surface area contributed by atoms with E-state index < -0.39 is 5.82 Å². The van der Waals surface area contributed by atoms with E-state index >= 15 is 0 Å². The van der Waals surface area contributed by atoms with E-state index in [4.69, 9.17) is 8.83 Å². The lowest BCUT2D eigenvalue weighted by Crippen LogP contribution is -1.86. The van der Waals surface area contributed by atoms with E-state index in [9.17, 15) is 4.79 Å². The van der Waals surface area contributed by atoms with Gasteiger partial charge in [0.2, 0.25) is 0 Å². The highest BCUT2D eigenvalue weighted by Crippen LogP contribution is 2.30. The fourth-order valence-electron chi connectivity index (χ4n) is 2.32. The van der Waals surface area contributed by atoms with Gasteiger partial charge in [-0.2, -0.15) is 0 Å². The van der Waals surface area contributed by atoms with Crippen LogP contribution in [0.4, 0.5) is 0 Å². The lowest BCUT2D eigenvalue weighted by atomic mass is 10.0. The van der Waals surface area contributed by atoms with Crippen molar-refractivity contribution < 1.29 is 8.83 Å². The van der Waals surface area contributed by atoms with E-state index in [0.29, 0.717) is 11.2 Å². The Morgan fingerprint density at radius 1 is 0.947 bits per heavy atom. The molecule has 1 heterocycles. The fourth-order valence-corrected chi connectivity index (χ4v) is 2.32. The first kappa shape index (κ1) is 11.8. The molecule has 19 heavy (non-hydrogen) atoms. The first-order valence-electron chi connectivity index (χ1n) is 6.40. The van der Waals surface area contributed by atoms with Crippen LogP contribution in [0, 0.1) is 0 Å². The van der Waals surface area contributed by atoms with Crippen LogP contribution in [0.1, 0.15) is 18.9 Å². The van der Waals surface area contributed by atoms with Crippen molar-refractivity contribution in [2.24, 2.45) is 0 Å². The zero-order chi connectivity index (χ0) is 13.2. The van der Waals surface area contributed by atoms with Crippen LogP contribution >= 0.6 is 0 Å². The third kappa shape index (κ3) is 2.08. The average Bonchev–Trinajstić information content (AvgIpc) is 2.82. The molecule has 0 amide bonds. The maximum absolute atomic E-state index is 11.4. The van der Waals surface area contributed by atoms with Gasteiger partial charge in [-0.1, -0.05) is 55.8 Å². The molecule has 0 saturated heterocycles. The van der Waals surface area contributed by atoms with Crippen LogP contribution in [-0.4, -0.2) is 0 Å². The fraction of sp³-hybridized carbons (Fsp3) is 0.188. The number of hydrogen-bond acceptors (Lipinski definition) is 3. The zero-order valence-electron chi connectivity index (χ0n) is 10.7. The van der Waals surface area contributed by atoms with Gasteiger partial charge in [0, 0.05) is 5.56 Å². The van der Waals surface area contributed by atoms with Crippen molar-refractivity contribution in [1.29, 1.82) is 0 Å². The van der Waals surface area contributed by atoms with Crippen molar-refractivity contribution in [1.82, 2.24) is 0 Å². The van der Waals surface area contributed by atoms with Gasteiger partial charge in [0.15, 0.2) is 11.2 Å². The summed E-state index contributed by atoms with van der Waals surface area (Å²) in [4.78, 5) is 11.4. The standard InChI is InChI=1S/C16H14O3/c1-2-6-12-9-10-13(11-7-4-3-5-8-11)15-14(12)18-16(17)19-15/h3-5,7-10H,2,6H2,1H3. The topological polar surface area (TPSA) is 43.4 Å². The summed E-state index contributed by atoms with van der Waals surface area (Å²) >= 11 is 0. The van der Waals surface area contributed by atoms with Crippen LogP contribution in [0.2, 0.25) is 0 Å². The molecule has 0 radical (unpaired) electrons. The summed E-state index contributed by atoms with van der Waals surface area (Å²) in [5.74, 6) is -0.643. The van der Waals surface area contributed by atoms with Crippen LogP contribution in [0.5, 0.6) is 0 Å². The number of rotatable bonds is 3. The Morgan fingerprint density at radius 2 is 1.68 bits per heavy atom. The number of benzene rings is 2. The van der Waals surface area contributed by atoms with Crippen molar-refractivity contribution >= 4 is 11.2 Å². The van der Waals surface area contributed by atoms with Gasteiger partial charge in [0.1, 0.15) is 0 Å². The lowest BCUT2D eigenvalue weighted by Gasteiger charge is -2.04. The predicted octanol–water partition coefficient (Wildman–Crippen LogP) is 4.01. The molecule has 2 aromatic carbocycles. The molecule has 0 aliphatic carbocycles. The monoisotopic (exact) mass is 254 g/mol. The summed E-state index contributed by atoms with van der Waals surface area (Å²) in [7, 11) is 0. The minimum Gasteiger partial charge on any atom is -0.390 e. The maximum atomic E-state index is 11.4. The van der Waals surface area contributed by atoms with Crippen molar-refractivity contribution in [3.05, 3.63) is 58.6 Å². The second-order valence-electron chi connectivity index (χ2n) is 4.50. The molecule has 96 valence electrons. The minimum atomic E-state index is -0.643. The molecule has 3 aromatic rings. The molecular weight excluding hydrogens is 240 g/mol. The second kappa shape index (κ2) is 4.76. The molecule has 3 heteroatoms. The molecular formula is C16H14O3. The largest absolute Gasteiger partial charge is 0.519 e. The highest BCUT2D eigenvalue weighted by molar-refractivity contribution is 5.90. The van der Waals surface area contributed by atoms with Gasteiger partial charge >= 0.3 is 5.82 Å². The van der Waals surface area contributed by atoms with E-state index in [-0.39, 0.29) is 0 Å². The van der Waals surface area contributed by atoms with Crippen molar-refractivity contribution in [2.45, 2.75) is 19.8 Å². The van der Waals surface area contributed by atoms with Crippen LogP contribution in [0.15, 0.2) is 56.1 Å². The van der Waals surface area contributed by atoms with Gasteiger partial charge in [0.25, 0.3) is 0 Å². The summed E-state index contributed by atoms with van der Waals surface area (Å²) in [6, 6.07) is 13.8. The SMILES string of the molecule is CCCc1ccc(-c2ccccc2)c2oc(=O)oc12. The van der Waals surface area contributed by atoms with Crippen LogP contribution in [0.3, 0.4) is 0 Å². The van der Waals surface area contributed by atoms with Gasteiger partial charge < -0.3 is 8.83 Å². The third-order valence-corrected chi connectivity index (χ3v) is 3.17. The Bertz CT molecular complexity index is 751. The van der Waals surface area contributed by atoms with Crippen molar-refractivity contribution in [3.8, 4) is 11.1 Å². The molecule has 0 N–H and O–H groups in total. The van der Waals surface area contributed by atoms with Gasteiger partial charge in [0.05, 0.1) is 0 Å². The van der Waals surface area contributed by atoms with Gasteiger partial charge in [-0.15, -0.1) is 0 Å². The Morgan fingerprint density at radius 3 is 2.42 bits per heavy atom. The predicted molar refractivity (Wildman–Crippen MR) is 74.2 cm³/mol. The van der Waals surface area contributed by atoms with E-state index in [0.717, 1.165) is 29.5 Å². The minimum absolute atomic E-state index is 0.544. The maximum Gasteiger partial charge on any atom is 0.519 e. The summed E-state index contributed by atoms with van der Waals surface area (Å²) in [6.07, 6.45) is 1.86.